The van der Waals surface area contributed by atoms with Crippen molar-refractivity contribution in [2.45, 2.75) is 40.2 Å². The first kappa shape index (κ1) is 51.7. The lowest BCUT2D eigenvalue weighted by atomic mass is 9.94. The van der Waals surface area contributed by atoms with Crippen LogP contribution in [-0.2, 0) is 0 Å². The van der Waals surface area contributed by atoms with Crippen molar-refractivity contribution in [3.8, 4) is 11.1 Å². The van der Waals surface area contributed by atoms with Crippen LogP contribution in [0.25, 0.3) is 98.0 Å². The van der Waals surface area contributed by atoms with Crippen molar-refractivity contribution in [3.05, 3.63) is 302 Å². The number of nitrogens with zero attached hydrogens (tertiary/aromatic N) is 3. The maximum Gasteiger partial charge on any atom is 0.159 e. The average Bonchev–Trinajstić information content (AvgIpc) is 2.15. The highest BCUT2D eigenvalue weighted by Gasteiger charge is 2.26. The monoisotopic (exact) mass is 1080 g/mol. The Hall–Kier alpha value is -10.4. The molecule has 0 N–H and O–H groups in total. The normalized spacial score (nSPS) is 13.0. The Balaban J connectivity index is 0.000000577. The third-order valence-corrected chi connectivity index (χ3v) is 16.7. The summed E-state index contributed by atoms with van der Waals surface area (Å²) in [6.07, 6.45) is 9.93. The number of hydrogen-bond donors (Lipinski definition) is 0. The van der Waals surface area contributed by atoms with Crippen molar-refractivity contribution in [1.82, 2.24) is 4.57 Å². The summed E-state index contributed by atoms with van der Waals surface area (Å²) in [7, 11) is 0. The lowest BCUT2D eigenvalue weighted by Gasteiger charge is -2.30. The molecule has 1 aliphatic carbocycles. The van der Waals surface area contributed by atoms with Crippen molar-refractivity contribution < 1.29 is 4.42 Å². The van der Waals surface area contributed by atoms with E-state index in [4.69, 9.17) is 4.42 Å². The highest BCUT2D eigenvalue weighted by atomic mass is 16.3. The molecular formula is C80H63N3O. The summed E-state index contributed by atoms with van der Waals surface area (Å²) in [4.78, 5) is 4.77. The maximum atomic E-state index is 7.47. The van der Waals surface area contributed by atoms with Crippen LogP contribution in [0, 0.1) is 13.8 Å². The van der Waals surface area contributed by atoms with Gasteiger partial charge < -0.3 is 18.8 Å². The van der Waals surface area contributed by atoms with Gasteiger partial charge in [-0.2, -0.15) is 0 Å². The van der Waals surface area contributed by atoms with Gasteiger partial charge in [0.2, 0.25) is 0 Å². The van der Waals surface area contributed by atoms with Crippen molar-refractivity contribution in [2.75, 3.05) is 9.80 Å². The number of rotatable bonds is 8. The molecule has 0 amide bonds. The molecule has 16 rings (SSSR count). The number of para-hydroxylation sites is 2. The number of fused-ring (bicyclic) bond motifs is 11. The van der Waals surface area contributed by atoms with Crippen LogP contribution in [0.1, 0.15) is 37.4 Å². The number of furan rings is 1. The second-order valence-electron chi connectivity index (χ2n) is 21.7. The molecule has 2 aromatic heterocycles. The fourth-order valence-corrected chi connectivity index (χ4v) is 12.5. The summed E-state index contributed by atoms with van der Waals surface area (Å²) in [5, 5.41) is 14.1. The van der Waals surface area contributed by atoms with Crippen LogP contribution in [0.2, 0.25) is 0 Å². The van der Waals surface area contributed by atoms with Crippen molar-refractivity contribution in [2.24, 2.45) is 0 Å². The van der Waals surface area contributed by atoms with Crippen molar-refractivity contribution in [1.29, 1.82) is 0 Å². The summed E-state index contributed by atoms with van der Waals surface area (Å²) in [6.45, 7) is 8.24. The lowest BCUT2D eigenvalue weighted by Crippen LogP contribution is -2.13. The number of aryl methyl sites for hydroxylation is 2. The van der Waals surface area contributed by atoms with Crippen LogP contribution < -0.4 is 9.80 Å². The first-order valence-corrected chi connectivity index (χ1v) is 29.4. The third kappa shape index (κ3) is 9.32. The van der Waals surface area contributed by atoms with Crippen LogP contribution >= 0.6 is 0 Å². The molecule has 0 radical (unpaired) electrons. The van der Waals surface area contributed by atoms with Crippen LogP contribution in [0.15, 0.2) is 296 Å². The van der Waals surface area contributed by atoms with E-state index in [1.165, 1.54) is 65.3 Å². The molecule has 84 heavy (non-hydrogen) atoms. The van der Waals surface area contributed by atoms with Crippen LogP contribution in [0.5, 0.6) is 0 Å². The Kier molecular flexibility index (Phi) is 13.6. The summed E-state index contributed by atoms with van der Waals surface area (Å²) >= 11 is 0. The van der Waals surface area contributed by atoms with Gasteiger partial charge in [0.15, 0.2) is 5.58 Å². The number of aromatic nitrogens is 1. The molecule has 0 aliphatic heterocycles. The van der Waals surface area contributed by atoms with Gasteiger partial charge in [-0.05, 0) is 171 Å². The Morgan fingerprint density at radius 1 is 0.357 bits per heavy atom. The smallest absolute Gasteiger partial charge is 0.159 e. The van der Waals surface area contributed by atoms with Crippen molar-refractivity contribution in [3.63, 3.8) is 0 Å². The quantitative estimate of drug-likeness (QED) is 0.152. The molecular weight excluding hydrogens is 1020 g/mol. The summed E-state index contributed by atoms with van der Waals surface area (Å²) in [5.74, 6) is 0. The fraction of sp³-hybridized carbons (Fsp3) is 0.0750. The molecule has 1 atom stereocenters. The zero-order valence-corrected chi connectivity index (χ0v) is 47.7. The molecule has 15 aromatic rings. The zero-order valence-electron chi connectivity index (χ0n) is 47.7. The Bertz CT molecular complexity index is 4990. The van der Waals surface area contributed by atoms with Gasteiger partial charge in [-0.25, -0.2) is 0 Å². The minimum Gasteiger partial charge on any atom is -0.453 e. The molecule has 0 saturated heterocycles. The van der Waals surface area contributed by atoms with Crippen LogP contribution in [-0.4, -0.2) is 4.57 Å². The number of benzene rings is 13. The molecule has 2 heterocycles. The van der Waals surface area contributed by atoms with E-state index in [9.17, 15) is 0 Å². The maximum absolute atomic E-state index is 7.47. The third-order valence-electron chi connectivity index (χ3n) is 16.7. The van der Waals surface area contributed by atoms with Crippen molar-refractivity contribution >= 4 is 121 Å². The predicted molar refractivity (Wildman–Crippen MR) is 361 cm³/mol. The van der Waals surface area contributed by atoms with Crippen LogP contribution in [0.3, 0.4) is 0 Å². The minimum absolute atomic E-state index is 0.222. The van der Waals surface area contributed by atoms with Gasteiger partial charge in [0.1, 0.15) is 5.58 Å². The van der Waals surface area contributed by atoms with E-state index >= 15 is 0 Å². The minimum atomic E-state index is 0.222. The molecule has 0 spiro atoms. The van der Waals surface area contributed by atoms with E-state index in [0.717, 1.165) is 84.4 Å². The van der Waals surface area contributed by atoms with E-state index in [1.54, 1.807) is 0 Å². The standard InChI is InChI=1S/C70H47N3O.C8H10.C2H6/c1-4-24-53(25-5-1)71(56-35-32-46-18-10-12-20-48(46)38-56)58-43-64-65-45-61(52-34-37-66-62(41-52)63-40-50-22-14-15-23-51(50)42-67(63)73(66)55-28-8-3-9-29-55)59-30-16-17-31-60(59)69(65)74-70(64)68(44-58)72(54-26-6-2-7-27-54)57-36-33-47-19-11-13-21-49(47)39-57;1-7-5-3-4-6-8(7)2;1-2/h1-28,30-45,55H,29H2;3-6H,1-2H3;1-2H3. The first-order chi connectivity index (χ1) is 41.5. The largest absolute Gasteiger partial charge is 0.453 e. The molecule has 404 valence electrons. The van der Waals surface area contributed by atoms with Gasteiger partial charge in [0.05, 0.1) is 17.2 Å². The molecule has 0 saturated carbocycles. The van der Waals surface area contributed by atoms with Gasteiger partial charge >= 0.3 is 0 Å². The molecule has 13 aromatic carbocycles. The van der Waals surface area contributed by atoms with Gasteiger partial charge in [-0.1, -0.05) is 214 Å². The van der Waals surface area contributed by atoms with E-state index in [1.807, 2.05) is 13.8 Å². The predicted octanol–water partition coefficient (Wildman–Crippen LogP) is 23.3. The number of allylic oxidation sites excluding steroid dienone is 4. The molecule has 0 fully saturated rings. The summed E-state index contributed by atoms with van der Waals surface area (Å²) < 4.78 is 10.0. The van der Waals surface area contributed by atoms with Gasteiger partial charge in [-0.15, -0.1) is 0 Å². The highest BCUT2D eigenvalue weighted by molar-refractivity contribution is 6.23. The second-order valence-corrected chi connectivity index (χ2v) is 21.7. The number of anilines is 6. The van der Waals surface area contributed by atoms with Gasteiger partial charge in [-0.3, -0.25) is 0 Å². The van der Waals surface area contributed by atoms with Gasteiger partial charge in [0, 0.05) is 60.9 Å². The first-order valence-electron chi connectivity index (χ1n) is 29.4. The van der Waals surface area contributed by atoms with E-state index in [-0.39, 0.29) is 6.04 Å². The molecule has 4 heteroatoms. The molecule has 4 nitrogen and oxygen atoms in total. The SMILES string of the molecule is C1=CCC(n2c3ccc(-c4cc5c6cc(N(c7ccccc7)c7ccc8ccccc8c7)cc(N(c7ccccc7)c7ccc8ccccc8c7)c6oc5c5ccccc45)cc3c3cc4ccccc4cc32)C=C1.CC.Cc1ccccc1C. The van der Waals surface area contributed by atoms with E-state index in [2.05, 4.69) is 319 Å². The molecule has 0 bridgehead atoms. The average molecular weight is 1080 g/mol. The second kappa shape index (κ2) is 22.1. The van der Waals surface area contributed by atoms with Crippen LogP contribution in [0.4, 0.5) is 34.1 Å². The summed E-state index contributed by atoms with van der Waals surface area (Å²) in [6, 6.07) is 97.3. The highest BCUT2D eigenvalue weighted by Crippen LogP contribution is 2.50. The molecule has 1 aliphatic rings. The topological polar surface area (TPSA) is 24.6 Å². The fourth-order valence-electron chi connectivity index (χ4n) is 12.5. The molecule has 1 unspecified atom stereocenters. The van der Waals surface area contributed by atoms with E-state index in [0.29, 0.717) is 0 Å². The lowest BCUT2D eigenvalue weighted by molar-refractivity contribution is 0.648. The summed E-state index contributed by atoms with van der Waals surface area (Å²) in [5.41, 5.74) is 15.4. The van der Waals surface area contributed by atoms with Gasteiger partial charge in [0.25, 0.3) is 0 Å². The zero-order chi connectivity index (χ0) is 56.7. The number of hydrogen-bond acceptors (Lipinski definition) is 3. The Labute approximate surface area is 490 Å². The Morgan fingerprint density at radius 3 is 1.50 bits per heavy atom. The van der Waals surface area contributed by atoms with E-state index < -0.39 is 0 Å². The Morgan fingerprint density at radius 2 is 0.881 bits per heavy atom.